The van der Waals surface area contributed by atoms with E-state index in [9.17, 15) is 4.39 Å². The number of aromatic nitrogens is 2. The lowest BCUT2D eigenvalue weighted by atomic mass is 10.3. The maximum Gasteiger partial charge on any atom is 0.191 e. The number of aromatic amines is 1. The molecular weight excluding hydrogens is 285 g/mol. The molecule has 0 aliphatic heterocycles. The molecule has 0 spiro atoms. The maximum absolute atomic E-state index is 12.8. The largest absolute Gasteiger partial charge is 0.489 e. The molecule has 0 saturated heterocycles. The van der Waals surface area contributed by atoms with E-state index in [0.717, 1.165) is 5.69 Å². The number of H-pyrrole nitrogens is 1. The van der Waals surface area contributed by atoms with Crippen LogP contribution in [0.4, 0.5) is 4.39 Å². The minimum Gasteiger partial charge on any atom is -0.489 e. The molecule has 7 heteroatoms. The predicted octanol–water partition coefficient (Wildman–Crippen LogP) is 1.68. The zero-order valence-corrected chi connectivity index (χ0v) is 12.6. The van der Waals surface area contributed by atoms with Crippen LogP contribution in [0.1, 0.15) is 12.6 Å². The fourth-order valence-electron chi connectivity index (χ4n) is 1.81. The Kier molecular flexibility index (Phi) is 5.76. The van der Waals surface area contributed by atoms with E-state index in [1.807, 2.05) is 13.0 Å². The van der Waals surface area contributed by atoms with E-state index in [0.29, 0.717) is 24.8 Å². The summed E-state index contributed by atoms with van der Waals surface area (Å²) in [6, 6.07) is 7.86. The molecule has 6 nitrogen and oxygen atoms in total. The van der Waals surface area contributed by atoms with Crippen molar-refractivity contribution < 1.29 is 9.13 Å². The normalized spacial score (nSPS) is 12.8. The standard InChI is InChI=1S/C15H20FN5O/c1-11(22-14-5-3-12(16)4-6-14)9-18-15(17-2)19-10-13-7-8-20-21-13/h3-8,11H,9-10H2,1-2H3,(H,20,21)(H2,17,18,19). The van der Waals surface area contributed by atoms with Crippen molar-refractivity contribution in [2.24, 2.45) is 4.99 Å². The van der Waals surface area contributed by atoms with E-state index in [1.165, 1.54) is 12.1 Å². The van der Waals surface area contributed by atoms with Crippen molar-refractivity contribution in [1.29, 1.82) is 0 Å². The van der Waals surface area contributed by atoms with Gasteiger partial charge in [-0.05, 0) is 37.3 Å². The van der Waals surface area contributed by atoms with Crippen LogP contribution in [0.2, 0.25) is 0 Å². The third kappa shape index (κ3) is 5.08. The molecule has 0 bridgehead atoms. The van der Waals surface area contributed by atoms with Gasteiger partial charge in [0.25, 0.3) is 0 Å². The molecule has 1 atom stereocenters. The summed E-state index contributed by atoms with van der Waals surface area (Å²) in [4.78, 5) is 4.13. The molecule has 0 aliphatic carbocycles. The third-order valence-electron chi connectivity index (χ3n) is 2.94. The second-order valence-electron chi connectivity index (χ2n) is 4.77. The van der Waals surface area contributed by atoms with Gasteiger partial charge in [-0.1, -0.05) is 0 Å². The average molecular weight is 305 g/mol. The predicted molar refractivity (Wildman–Crippen MR) is 83.3 cm³/mol. The number of guanidine groups is 1. The third-order valence-corrected chi connectivity index (χ3v) is 2.94. The Morgan fingerprint density at radius 1 is 1.32 bits per heavy atom. The molecule has 2 aromatic rings. The highest BCUT2D eigenvalue weighted by molar-refractivity contribution is 5.79. The molecule has 3 N–H and O–H groups in total. The molecule has 1 aromatic carbocycles. The van der Waals surface area contributed by atoms with Gasteiger partial charge in [0.05, 0.1) is 18.8 Å². The minimum atomic E-state index is -0.276. The molecule has 2 rings (SSSR count). The lowest BCUT2D eigenvalue weighted by Crippen LogP contribution is -2.41. The minimum absolute atomic E-state index is 0.0869. The van der Waals surface area contributed by atoms with Gasteiger partial charge in [-0.3, -0.25) is 10.1 Å². The lowest BCUT2D eigenvalue weighted by molar-refractivity contribution is 0.223. The zero-order chi connectivity index (χ0) is 15.8. The van der Waals surface area contributed by atoms with Crippen molar-refractivity contribution in [1.82, 2.24) is 20.8 Å². The first-order chi connectivity index (χ1) is 10.7. The van der Waals surface area contributed by atoms with Gasteiger partial charge in [0.2, 0.25) is 0 Å². The summed E-state index contributed by atoms with van der Waals surface area (Å²) >= 11 is 0. The van der Waals surface area contributed by atoms with Crippen LogP contribution >= 0.6 is 0 Å². The first-order valence-electron chi connectivity index (χ1n) is 7.02. The van der Waals surface area contributed by atoms with Gasteiger partial charge in [-0.25, -0.2) is 4.39 Å². The van der Waals surface area contributed by atoms with E-state index in [-0.39, 0.29) is 11.9 Å². The Hall–Kier alpha value is -2.57. The van der Waals surface area contributed by atoms with E-state index in [1.54, 1.807) is 25.4 Å². The summed E-state index contributed by atoms with van der Waals surface area (Å²) in [5.74, 6) is 1.03. The maximum atomic E-state index is 12.8. The quantitative estimate of drug-likeness (QED) is 0.561. The number of nitrogens with zero attached hydrogens (tertiary/aromatic N) is 2. The van der Waals surface area contributed by atoms with Crippen LogP contribution in [0, 0.1) is 5.82 Å². The molecule has 0 saturated carbocycles. The van der Waals surface area contributed by atoms with Crippen LogP contribution in [-0.2, 0) is 6.54 Å². The lowest BCUT2D eigenvalue weighted by Gasteiger charge is -2.17. The Morgan fingerprint density at radius 3 is 2.73 bits per heavy atom. The summed E-state index contributed by atoms with van der Waals surface area (Å²) in [5.41, 5.74) is 0.971. The molecule has 1 unspecified atom stereocenters. The van der Waals surface area contributed by atoms with Crippen LogP contribution in [0.5, 0.6) is 5.75 Å². The van der Waals surface area contributed by atoms with Gasteiger partial charge < -0.3 is 15.4 Å². The van der Waals surface area contributed by atoms with Crippen molar-refractivity contribution in [3.05, 3.63) is 48.0 Å². The molecule has 118 valence electrons. The van der Waals surface area contributed by atoms with Crippen molar-refractivity contribution in [2.45, 2.75) is 19.6 Å². The van der Waals surface area contributed by atoms with Gasteiger partial charge >= 0.3 is 0 Å². The highest BCUT2D eigenvalue weighted by Crippen LogP contribution is 2.12. The van der Waals surface area contributed by atoms with Crippen LogP contribution in [0.25, 0.3) is 0 Å². The van der Waals surface area contributed by atoms with Crippen molar-refractivity contribution in [3.8, 4) is 5.75 Å². The SMILES string of the molecule is CN=C(NCc1ccn[nH]1)NCC(C)Oc1ccc(F)cc1. The Morgan fingerprint density at radius 2 is 2.09 bits per heavy atom. The van der Waals surface area contributed by atoms with E-state index < -0.39 is 0 Å². The first-order valence-corrected chi connectivity index (χ1v) is 7.02. The highest BCUT2D eigenvalue weighted by atomic mass is 19.1. The Labute approximate surface area is 128 Å². The molecule has 0 fully saturated rings. The second-order valence-corrected chi connectivity index (χ2v) is 4.77. The average Bonchev–Trinajstić information content (AvgIpc) is 3.03. The van der Waals surface area contributed by atoms with Crippen molar-refractivity contribution >= 4 is 5.96 Å². The number of aliphatic imine (C=N–C) groups is 1. The Bertz CT molecular complexity index is 582. The Balaban J connectivity index is 1.73. The van der Waals surface area contributed by atoms with Gasteiger partial charge in [0.1, 0.15) is 17.7 Å². The molecule has 0 radical (unpaired) electrons. The number of hydrogen-bond donors (Lipinski definition) is 3. The fraction of sp³-hybridized carbons (Fsp3) is 0.333. The zero-order valence-electron chi connectivity index (χ0n) is 12.6. The van der Waals surface area contributed by atoms with Crippen LogP contribution in [-0.4, -0.2) is 35.9 Å². The second kappa shape index (κ2) is 8.02. The van der Waals surface area contributed by atoms with Gasteiger partial charge in [0, 0.05) is 13.2 Å². The highest BCUT2D eigenvalue weighted by Gasteiger charge is 2.06. The molecular formula is C15H20FN5O. The van der Waals surface area contributed by atoms with Crippen LogP contribution < -0.4 is 15.4 Å². The van der Waals surface area contributed by atoms with Gasteiger partial charge in [-0.15, -0.1) is 0 Å². The molecule has 0 aliphatic rings. The summed E-state index contributed by atoms with van der Waals surface area (Å²) in [5, 5.41) is 13.1. The van der Waals surface area contributed by atoms with E-state index >= 15 is 0 Å². The van der Waals surface area contributed by atoms with Crippen molar-refractivity contribution in [2.75, 3.05) is 13.6 Å². The summed E-state index contributed by atoms with van der Waals surface area (Å²) in [6.07, 6.45) is 1.61. The number of nitrogens with one attached hydrogen (secondary N) is 3. The number of ether oxygens (including phenoxy) is 1. The molecule has 22 heavy (non-hydrogen) atoms. The number of rotatable bonds is 6. The number of halogens is 1. The first kappa shape index (κ1) is 15.8. The number of hydrogen-bond acceptors (Lipinski definition) is 3. The van der Waals surface area contributed by atoms with Gasteiger partial charge in [-0.2, -0.15) is 5.10 Å². The van der Waals surface area contributed by atoms with Crippen LogP contribution in [0.15, 0.2) is 41.5 Å². The molecule has 1 aromatic heterocycles. The smallest absolute Gasteiger partial charge is 0.191 e. The van der Waals surface area contributed by atoms with Gasteiger partial charge in [0.15, 0.2) is 5.96 Å². The molecule has 1 heterocycles. The number of benzene rings is 1. The summed E-state index contributed by atoms with van der Waals surface area (Å²) < 4.78 is 18.5. The van der Waals surface area contributed by atoms with E-state index in [4.69, 9.17) is 4.74 Å². The fourth-order valence-corrected chi connectivity index (χ4v) is 1.81. The van der Waals surface area contributed by atoms with Crippen molar-refractivity contribution in [3.63, 3.8) is 0 Å². The topological polar surface area (TPSA) is 74.3 Å². The summed E-state index contributed by atoms with van der Waals surface area (Å²) in [6.45, 7) is 3.10. The monoisotopic (exact) mass is 305 g/mol. The van der Waals surface area contributed by atoms with E-state index in [2.05, 4.69) is 25.8 Å². The van der Waals surface area contributed by atoms with Crippen LogP contribution in [0.3, 0.4) is 0 Å². The molecule has 0 amide bonds. The summed E-state index contributed by atoms with van der Waals surface area (Å²) in [7, 11) is 1.70.